The van der Waals surface area contributed by atoms with Gasteiger partial charge >= 0.3 is 0 Å². The Bertz CT molecular complexity index is 406. The summed E-state index contributed by atoms with van der Waals surface area (Å²) in [6.07, 6.45) is 6.24. The van der Waals surface area contributed by atoms with Crippen molar-refractivity contribution in [2.75, 3.05) is 31.1 Å². The maximum absolute atomic E-state index is 4.40. The normalized spacial score (nSPS) is 28.1. The molecule has 18 heavy (non-hydrogen) atoms. The molecule has 3 heterocycles. The Morgan fingerprint density at radius 1 is 1.22 bits per heavy atom. The first kappa shape index (κ1) is 11.9. The van der Waals surface area contributed by atoms with Crippen LogP contribution in [0.4, 0.5) is 5.95 Å². The van der Waals surface area contributed by atoms with Crippen molar-refractivity contribution in [3.63, 3.8) is 0 Å². The van der Waals surface area contributed by atoms with Crippen LogP contribution in [0.25, 0.3) is 0 Å². The molecule has 0 amide bonds. The first-order valence-corrected chi connectivity index (χ1v) is 6.97. The molecule has 2 aliphatic heterocycles. The van der Waals surface area contributed by atoms with Crippen LogP contribution in [0.5, 0.6) is 0 Å². The fraction of sp³-hybridized carbons (Fsp3) is 0.714. The largest absolute Gasteiger partial charge is 0.334 e. The maximum Gasteiger partial charge on any atom is 0.225 e. The highest BCUT2D eigenvalue weighted by atomic mass is 15.4. The minimum absolute atomic E-state index is 0.330. The Balaban J connectivity index is 1.70. The second-order valence-corrected chi connectivity index (χ2v) is 6.05. The minimum atomic E-state index is 0.330. The Kier molecular flexibility index (Phi) is 2.98. The lowest BCUT2D eigenvalue weighted by molar-refractivity contribution is 0.233. The van der Waals surface area contributed by atoms with Gasteiger partial charge in [-0.05, 0) is 24.8 Å². The van der Waals surface area contributed by atoms with Crippen LogP contribution >= 0.6 is 0 Å². The highest BCUT2D eigenvalue weighted by Gasteiger charge is 2.50. The van der Waals surface area contributed by atoms with Crippen molar-refractivity contribution in [3.05, 3.63) is 18.5 Å². The number of anilines is 1. The average molecular weight is 246 g/mol. The van der Waals surface area contributed by atoms with Gasteiger partial charge in [-0.3, -0.25) is 0 Å². The molecule has 1 spiro atoms. The molecule has 2 aliphatic rings. The summed E-state index contributed by atoms with van der Waals surface area (Å²) in [5.74, 6) is 1.66. The molecule has 1 atom stereocenters. The Morgan fingerprint density at radius 2 is 1.94 bits per heavy atom. The zero-order valence-corrected chi connectivity index (χ0v) is 11.3. The Hall–Kier alpha value is -1.16. The highest BCUT2D eigenvalue weighted by molar-refractivity contribution is 5.41. The van der Waals surface area contributed by atoms with Crippen molar-refractivity contribution in [2.45, 2.75) is 32.2 Å². The molecular formula is C14H22N4. The van der Waals surface area contributed by atoms with Crippen LogP contribution in [-0.4, -0.2) is 46.6 Å². The fourth-order valence-corrected chi connectivity index (χ4v) is 3.32. The molecule has 98 valence electrons. The second kappa shape index (κ2) is 4.50. The van der Waals surface area contributed by atoms with E-state index in [1.807, 2.05) is 18.5 Å². The van der Waals surface area contributed by atoms with Crippen LogP contribution in [-0.2, 0) is 0 Å². The Labute approximate surface area is 109 Å². The third-order valence-corrected chi connectivity index (χ3v) is 4.20. The van der Waals surface area contributed by atoms with Gasteiger partial charge in [0.25, 0.3) is 0 Å². The smallest absolute Gasteiger partial charge is 0.225 e. The Morgan fingerprint density at radius 3 is 2.56 bits per heavy atom. The van der Waals surface area contributed by atoms with Crippen molar-refractivity contribution >= 4 is 5.95 Å². The van der Waals surface area contributed by atoms with Gasteiger partial charge in [0.05, 0.1) is 5.54 Å². The third kappa shape index (κ3) is 1.99. The predicted octanol–water partition coefficient (Wildman–Crippen LogP) is 1.79. The van der Waals surface area contributed by atoms with Crippen molar-refractivity contribution < 1.29 is 0 Å². The van der Waals surface area contributed by atoms with Gasteiger partial charge in [0, 0.05) is 38.6 Å². The lowest BCUT2D eigenvalue weighted by Gasteiger charge is -2.50. The van der Waals surface area contributed by atoms with Crippen LogP contribution in [0.1, 0.15) is 26.7 Å². The van der Waals surface area contributed by atoms with Gasteiger partial charge in [-0.25, -0.2) is 9.97 Å². The summed E-state index contributed by atoms with van der Waals surface area (Å²) in [6.45, 7) is 9.32. The molecule has 0 bridgehead atoms. The van der Waals surface area contributed by atoms with E-state index in [2.05, 4.69) is 33.6 Å². The molecule has 0 radical (unpaired) electrons. The molecule has 0 saturated carbocycles. The van der Waals surface area contributed by atoms with E-state index in [1.54, 1.807) is 0 Å². The quantitative estimate of drug-likeness (QED) is 0.814. The molecule has 0 unspecified atom stereocenters. The first-order valence-electron chi connectivity index (χ1n) is 6.97. The van der Waals surface area contributed by atoms with E-state index in [0.29, 0.717) is 5.54 Å². The van der Waals surface area contributed by atoms with E-state index < -0.39 is 0 Å². The molecule has 0 N–H and O–H groups in total. The van der Waals surface area contributed by atoms with E-state index in [4.69, 9.17) is 0 Å². The molecular weight excluding hydrogens is 224 g/mol. The van der Waals surface area contributed by atoms with E-state index in [0.717, 1.165) is 18.4 Å². The van der Waals surface area contributed by atoms with Gasteiger partial charge in [-0.2, -0.15) is 0 Å². The lowest BCUT2D eigenvalue weighted by Crippen LogP contribution is -2.62. The molecule has 2 fully saturated rings. The van der Waals surface area contributed by atoms with E-state index in [9.17, 15) is 0 Å². The van der Waals surface area contributed by atoms with Crippen LogP contribution in [0.15, 0.2) is 18.5 Å². The van der Waals surface area contributed by atoms with Gasteiger partial charge in [0.2, 0.25) is 5.95 Å². The van der Waals surface area contributed by atoms with Crippen LogP contribution in [0.2, 0.25) is 0 Å². The zero-order valence-electron chi connectivity index (χ0n) is 11.3. The number of likely N-dealkylation sites (tertiary alicyclic amines) is 1. The molecule has 2 saturated heterocycles. The molecule has 1 aromatic rings. The van der Waals surface area contributed by atoms with Gasteiger partial charge < -0.3 is 9.80 Å². The summed E-state index contributed by atoms with van der Waals surface area (Å²) in [7, 11) is 0. The third-order valence-electron chi connectivity index (χ3n) is 4.20. The van der Waals surface area contributed by atoms with Gasteiger partial charge in [-0.1, -0.05) is 13.8 Å². The summed E-state index contributed by atoms with van der Waals surface area (Å²) < 4.78 is 0. The first-order chi connectivity index (χ1) is 8.70. The number of hydrogen-bond donors (Lipinski definition) is 0. The van der Waals surface area contributed by atoms with Gasteiger partial charge in [-0.15, -0.1) is 0 Å². The summed E-state index contributed by atoms with van der Waals surface area (Å²) in [6, 6.07) is 1.88. The fourth-order valence-electron chi connectivity index (χ4n) is 3.32. The molecule has 3 rings (SSSR count). The molecule has 4 nitrogen and oxygen atoms in total. The van der Waals surface area contributed by atoms with Crippen molar-refractivity contribution in [1.82, 2.24) is 14.9 Å². The minimum Gasteiger partial charge on any atom is -0.334 e. The number of aromatic nitrogens is 2. The van der Waals surface area contributed by atoms with Crippen molar-refractivity contribution in [2.24, 2.45) is 5.92 Å². The highest BCUT2D eigenvalue weighted by Crippen LogP contribution is 2.40. The van der Waals surface area contributed by atoms with Gasteiger partial charge in [0.15, 0.2) is 0 Å². The van der Waals surface area contributed by atoms with Crippen molar-refractivity contribution in [1.29, 1.82) is 0 Å². The summed E-state index contributed by atoms with van der Waals surface area (Å²) in [4.78, 5) is 13.8. The van der Waals surface area contributed by atoms with Crippen LogP contribution < -0.4 is 4.90 Å². The summed E-state index contributed by atoms with van der Waals surface area (Å²) in [5, 5.41) is 0. The van der Waals surface area contributed by atoms with E-state index >= 15 is 0 Å². The number of nitrogens with zero attached hydrogens (tertiary/aromatic N) is 4. The number of rotatable bonds is 3. The monoisotopic (exact) mass is 246 g/mol. The standard InChI is InChI=1S/C14H22N4/c1-12(2)10-17-8-4-14(11-17)5-9-18(14)13-15-6-3-7-16-13/h3,6-7,12H,4-5,8-11H2,1-2H3/t14-/m1/s1. The molecule has 0 aliphatic carbocycles. The van der Waals surface area contributed by atoms with E-state index in [1.165, 1.54) is 32.5 Å². The van der Waals surface area contributed by atoms with Gasteiger partial charge in [0.1, 0.15) is 0 Å². The van der Waals surface area contributed by atoms with Crippen LogP contribution in [0, 0.1) is 5.92 Å². The predicted molar refractivity (Wildman–Crippen MR) is 72.6 cm³/mol. The van der Waals surface area contributed by atoms with Crippen molar-refractivity contribution in [3.8, 4) is 0 Å². The second-order valence-electron chi connectivity index (χ2n) is 6.05. The lowest BCUT2D eigenvalue weighted by atomic mass is 9.84. The average Bonchev–Trinajstić information content (AvgIpc) is 2.74. The molecule has 0 aromatic carbocycles. The number of hydrogen-bond acceptors (Lipinski definition) is 4. The topological polar surface area (TPSA) is 32.3 Å². The van der Waals surface area contributed by atoms with E-state index in [-0.39, 0.29) is 0 Å². The molecule has 1 aromatic heterocycles. The zero-order chi connectivity index (χ0) is 12.6. The van der Waals surface area contributed by atoms with Crippen LogP contribution in [0.3, 0.4) is 0 Å². The SMILES string of the molecule is CC(C)CN1CC[C@@]2(CCN2c2ncccn2)C1. The molecule has 4 heteroatoms. The summed E-state index contributed by atoms with van der Waals surface area (Å²) in [5.41, 5.74) is 0.330. The maximum atomic E-state index is 4.40. The summed E-state index contributed by atoms with van der Waals surface area (Å²) >= 11 is 0.